The maximum atomic E-state index is 13.1. The van der Waals surface area contributed by atoms with Crippen molar-refractivity contribution in [1.29, 1.82) is 0 Å². The van der Waals surface area contributed by atoms with Gasteiger partial charge in [0.2, 0.25) is 11.8 Å². The number of ether oxygens (including phenoxy) is 1. The topological polar surface area (TPSA) is 93.4 Å². The number of hydrogen-bond donors (Lipinski definition) is 3. The third kappa shape index (κ3) is 8.70. The predicted octanol–water partition coefficient (Wildman–Crippen LogP) is 4.71. The number of nitrogens with one attached hydrogen (secondary N) is 2. The lowest BCUT2D eigenvalue weighted by molar-refractivity contribution is -0.125. The second-order valence-corrected chi connectivity index (χ2v) is 10.00. The van der Waals surface area contributed by atoms with E-state index in [1.54, 1.807) is 0 Å². The zero-order valence-electron chi connectivity index (χ0n) is 21.3. The summed E-state index contributed by atoms with van der Waals surface area (Å²) in [7, 11) is 0. The van der Waals surface area contributed by atoms with Crippen molar-refractivity contribution in [3.8, 4) is 5.75 Å². The standard InChI is InChI=1S/C29H41N3O3/c1-4-8-20(2)19-35-25-15-13-24(14-16-25)27(18-31-29(34)26(30)17-22-11-12-22)32-28(33)21(3)23-9-6-5-7-10-23/h5-7,9-10,13-16,20-22,26-27H,4,8,11-12,17-19,30H2,1-3H3,(H,31,34)(H,32,33)/t20?,21-,26-,27-/m0/s1. The molecule has 35 heavy (non-hydrogen) atoms. The van der Waals surface area contributed by atoms with Gasteiger partial charge >= 0.3 is 0 Å². The Kier molecular flexibility index (Phi) is 10.2. The van der Waals surface area contributed by atoms with Crippen LogP contribution in [0.2, 0.25) is 0 Å². The van der Waals surface area contributed by atoms with Crippen LogP contribution in [0.4, 0.5) is 0 Å². The van der Waals surface area contributed by atoms with Crippen molar-refractivity contribution in [2.45, 2.75) is 70.9 Å². The highest BCUT2D eigenvalue weighted by atomic mass is 16.5. The molecule has 0 aliphatic heterocycles. The van der Waals surface area contributed by atoms with Crippen molar-refractivity contribution >= 4 is 11.8 Å². The zero-order valence-corrected chi connectivity index (χ0v) is 21.3. The molecule has 0 radical (unpaired) electrons. The van der Waals surface area contributed by atoms with Gasteiger partial charge in [-0.1, -0.05) is 75.6 Å². The number of benzene rings is 2. The van der Waals surface area contributed by atoms with Gasteiger partial charge in [0.25, 0.3) is 0 Å². The fourth-order valence-electron chi connectivity index (χ4n) is 4.21. The normalized spacial score (nSPS) is 16.6. The molecule has 0 aromatic heterocycles. The first-order valence-electron chi connectivity index (χ1n) is 13.0. The average molecular weight is 480 g/mol. The van der Waals surface area contributed by atoms with E-state index in [0.717, 1.165) is 49.0 Å². The quantitative estimate of drug-likeness (QED) is 0.366. The summed E-state index contributed by atoms with van der Waals surface area (Å²) in [5.74, 6) is 1.31. The van der Waals surface area contributed by atoms with Gasteiger partial charge in [0.1, 0.15) is 5.75 Å². The molecule has 1 saturated carbocycles. The average Bonchev–Trinajstić information content (AvgIpc) is 3.69. The van der Waals surface area contributed by atoms with Crippen LogP contribution in [0, 0.1) is 11.8 Å². The smallest absolute Gasteiger partial charge is 0.237 e. The number of rotatable bonds is 14. The summed E-state index contributed by atoms with van der Waals surface area (Å²) in [5, 5.41) is 6.09. The molecule has 1 aliphatic carbocycles. The van der Waals surface area contributed by atoms with Gasteiger partial charge in [-0.2, -0.15) is 0 Å². The molecule has 1 unspecified atom stereocenters. The van der Waals surface area contributed by atoms with Gasteiger partial charge in [-0.3, -0.25) is 9.59 Å². The minimum absolute atomic E-state index is 0.0913. The monoisotopic (exact) mass is 479 g/mol. The Bertz CT molecular complexity index is 928. The van der Waals surface area contributed by atoms with E-state index in [2.05, 4.69) is 24.5 Å². The SMILES string of the molecule is CCCC(C)COc1ccc([C@H](CNC(=O)[C@@H](N)CC2CC2)NC(=O)[C@@H](C)c2ccccc2)cc1. The maximum Gasteiger partial charge on any atom is 0.237 e. The van der Waals surface area contributed by atoms with Crippen molar-refractivity contribution < 1.29 is 14.3 Å². The molecule has 2 aromatic rings. The largest absolute Gasteiger partial charge is 0.493 e. The third-order valence-corrected chi connectivity index (χ3v) is 6.71. The van der Waals surface area contributed by atoms with Crippen molar-refractivity contribution in [2.24, 2.45) is 17.6 Å². The van der Waals surface area contributed by atoms with E-state index in [1.807, 2.05) is 61.5 Å². The fourth-order valence-corrected chi connectivity index (χ4v) is 4.21. The Morgan fingerprint density at radius 3 is 2.31 bits per heavy atom. The van der Waals surface area contributed by atoms with Crippen LogP contribution in [0.25, 0.3) is 0 Å². The Balaban J connectivity index is 1.66. The second-order valence-electron chi connectivity index (χ2n) is 10.00. The van der Waals surface area contributed by atoms with Crippen LogP contribution in [-0.2, 0) is 9.59 Å². The molecular weight excluding hydrogens is 438 g/mol. The molecular formula is C29H41N3O3. The van der Waals surface area contributed by atoms with Crippen LogP contribution >= 0.6 is 0 Å². The molecule has 0 heterocycles. The van der Waals surface area contributed by atoms with Crippen LogP contribution < -0.4 is 21.1 Å². The molecule has 0 saturated heterocycles. The summed E-state index contributed by atoms with van der Waals surface area (Å²) >= 11 is 0. The Morgan fingerprint density at radius 2 is 1.69 bits per heavy atom. The van der Waals surface area contributed by atoms with E-state index < -0.39 is 6.04 Å². The van der Waals surface area contributed by atoms with Crippen molar-refractivity contribution in [3.63, 3.8) is 0 Å². The minimum atomic E-state index is -0.511. The lowest BCUT2D eigenvalue weighted by Gasteiger charge is -2.23. The van der Waals surface area contributed by atoms with E-state index in [9.17, 15) is 9.59 Å². The molecule has 4 atom stereocenters. The van der Waals surface area contributed by atoms with Crippen LogP contribution in [0.1, 0.15) is 76.0 Å². The minimum Gasteiger partial charge on any atom is -0.493 e. The van der Waals surface area contributed by atoms with Gasteiger partial charge in [-0.05, 0) is 54.9 Å². The molecule has 1 aliphatic rings. The van der Waals surface area contributed by atoms with Gasteiger partial charge in [-0.25, -0.2) is 0 Å². The zero-order chi connectivity index (χ0) is 25.2. The van der Waals surface area contributed by atoms with Crippen LogP contribution in [-0.4, -0.2) is 31.0 Å². The van der Waals surface area contributed by atoms with Gasteiger partial charge in [-0.15, -0.1) is 0 Å². The summed E-state index contributed by atoms with van der Waals surface area (Å²) in [5.41, 5.74) is 7.95. The molecule has 190 valence electrons. The molecule has 6 heteroatoms. The van der Waals surface area contributed by atoms with Gasteiger partial charge < -0.3 is 21.1 Å². The number of amides is 2. The number of hydrogen-bond acceptors (Lipinski definition) is 4. The molecule has 2 amide bonds. The first-order valence-corrected chi connectivity index (χ1v) is 13.0. The van der Waals surface area contributed by atoms with Crippen LogP contribution in [0.5, 0.6) is 5.75 Å². The Morgan fingerprint density at radius 1 is 1.00 bits per heavy atom. The van der Waals surface area contributed by atoms with E-state index >= 15 is 0 Å². The van der Waals surface area contributed by atoms with E-state index in [-0.39, 0.29) is 30.3 Å². The van der Waals surface area contributed by atoms with Crippen LogP contribution in [0.3, 0.4) is 0 Å². The van der Waals surface area contributed by atoms with Crippen molar-refractivity contribution in [2.75, 3.05) is 13.2 Å². The molecule has 4 N–H and O–H groups in total. The highest BCUT2D eigenvalue weighted by Crippen LogP contribution is 2.33. The number of carbonyl (C=O) groups excluding carboxylic acids is 2. The van der Waals surface area contributed by atoms with Crippen molar-refractivity contribution in [3.05, 3.63) is 65.7 Å². The van der Waals surface area contributed by atoms with E-state index in [4.69, 9.17) is 10.5 Å². The van der Waals surface area contributed by atoms with Gasteiger partial charge in [0, 0.05) is 6.54 Å². The van der Waals surface area contributed by atoms with Crippen LogP contribution in [0.15, 0.2) is 54.6 Å². The molecule has 0 bridgehead atoms. The Hall–Kier alpha value is -2.86. The molecule has 6 nitrogen and oxygen atoms in total. The molecule has 1 fully saturated rings. The van der Waals surface area contributed by atoms with Gasteiger partial charge in [0.15, 0.2) is 0 Å². The first-order chi connectivity index (χ1) is 16.9. The maximum absolute atomic E-state index is 13.1. The molecule has 2 aromatic carbocycles. The van der Waals surface area contributed by atoms with Crippen molar-refractivity contribution in [1.82, 2.24) is 10.6 Å². The second kappa shape index (κ2) is 13.3. The predicted molar refractivity (Wildman–Crippen MR) is 140 cm³/mol. The fraction of sp³-hybridized carbons (Fsp3) is 0.517. The van der Waals surface area contributed by atoms with E-state index in [1.165, 1.54) is 0 Å². The lowest BCUT2D eigenvalue weighted by Crippen LogP contribution is -2.45. The summed E-state index contributed by atoms with van der Waals surface area (Å²) in [6.45, 7) is 7.21. The summed E-state index contributed by atoms with van der Waals surface area (Å²) in [6, 6.07) is 16.6. The van der Waals surface area contributed by atoms with E-state index in [0.29, 0.717) is 18.4 Å². The summed E-state index contributed by atoms with van der Waals surface area (Å²) < 4.78 is 5.93. The third-order valence-electron chi connectivity index (χ3n) is 6.71. The molecule has 0 spiro atoms. The molecule has 3 rings (SSSR count). The first kappa shape index (κ1) is 26.7. The highest BCUT2D eigenvalue weighted by Gasteiger charge is 2.28. The summed E-state index contributed by atoms with van der Waals surface area (Å²) in [6.07, 6.45) is 5.30. The summed E-state index contributed by atoms with van der Waals surface area (Å²) in [4.78, 5) is 25.7. The van der Waals surface area contributed by atoms with Gasteiger partial charge in [0.05, 0.1) is 24.6 Å². The highest BCUT2D eigenvalue weighted by molar-refractivity contribution is 5.84. The number of carbonyl (C=O) groups is 2. The number of nitrogens with two attached hydrogens (primary N) is 1. The Labute approximate surface area is 210 Å². The lowest BCUT2D eigenvalue weighted by atomic mass is 9.99.